The van der Waals surface area contributed by atoms with Gasteiger partial charge in [0.15, 0.2) is 11.7 Å². The summed E-state index contributed by atoms with van der Waals surface area (Å²) in [7, 11) is 3.97. The van der Waals surface area contributed by atoms with E-state index in [1.165, 1.54) is 18.2 Å². The van der Waals surface area contributed by atoms with Crippen molar-refractivity contribution < 1.29 is 14.1 Å². The molecule has 1 heterocycles. The first-order valence-corrected chi connectivity index (χ1v) is 15.0. The third-order valence-corrected chi connectivity index (χ3v) is 7.96. The summed E-state index contributed by atoms with van der Waals surface area (Å²) in [5.41, 5.74) is 2.81. The zero-order chi connectivity index (χ0) is 30.9. The highest BCUT2D eigenvalue weighted by molar-refractivity contribution is 6.35. The third kappa shape index (κ3) is 8.72. The number of nitrogens with one attached hydrogen (secondary N) is 1. The Labute approximate surface area is 262 Å². The van der Waals surface area contributed by atoms with E-state index in [1.807, 2.05) is 26.2 Å². The molecular weight excluding hydrogens is 594 g/mol. The predicted molar refractivity (Wildman–Crippen MR) is 171 cm³/mol. The van der Waals surface area contributed by atoms with E-state index in [9.17, 15) is 14.5 Å². The van der Waals surface area contributed by atoms with Gasteiger partial charge in [0, 0.05) is 60.6 Å². The second-order valence-electron chi connectivity index (χ2n) is 10.4. The number of piperazine rings is 1. The number of likely N-dealkylation sites (N-methyl/N-ethyl adjacent to an activating group) is 1. The Kier molecular flexibility index (Phi) is 11.4. The molecule has 43 heavy (non-hydrogen) atoms. The third-order valence-electron chi connectivity index (χ3n) is 7.37. The number of nitrogens with zero attached hydrogens (tertiary/aromatic N) is 5. The van der Waals surface area contributed by atoms with E-state index in [1.54, 1.807) is 37.3 Å². The van der Waals surface area contributed by atoms with Crippen LogP contribution in [0.15, 0.2) is 65.7 Å². The zero-order valence-electron chi connectivity index (χ0n) is 24.6. The molecule has 0 bridgehead atoms. The van der Waals surface area contributed by atoms with E-state index in [-0.39, 0.29) is 23.3 Å². The van der Waals surface area contributed by atoms with Crippen LogP contribution in [0.5, 0.6) is 5.75 Å². The minimum absolute atomic E-state index is 0.0403. The highest BCUT2D eigenvalue weighted by Gasteiger charge is 2.24. The predicted octanol–water partition coefficient (Wildman–Crippen LogP) is 6.05. The van der Waals surface area contributed by atoms with Gasteiger partial charge in [0.25, 0.3) is 0 Å². The number of rotatable bonds is 11. The van der Waals surface area contributed by atoms with Gasteiger partial charge in [0.1, 0.15) is 5.82 Å². The summed E-state index contributed by atoms with van der Waals surface area (Å²) in [5.74, 6) is 0.775. The van der Waals surface area contributed by atoms with Crippen molar-refractivity contribution in [3.63, 3.8) is 0 Å². The first-order chi connectivity index (χ1) is 20.7. The Morgan fingerprint density at radius 2 is 1.81 bits per heavy atom. The molecular formula is C31H37Cl2FN6O3. The lowest BCUT2D eigenvalue weighted by atomic mass is 10.1. The summed E-state index contributed by atoms with van der Waals surface area (Å²) < 4.78 is 19.1. The molecule has 1 unspecified atom stereocenters. The number of nitro benzene ring substituents is 1. The van der Waals surface area contributed by atoms with E-state index in [4.69, 9.17) is 32.9 Å². The number of halogens is 3. The number of anilines is 1. The van der Waals surface area contributed by atoms with Gasteiger partial charge in [-0.05, 0) is 68.9 Å². The molecule has 9 nitrogen and oxygen atoms in total. The zero-order valence-corrected chi connectivity index (χ0v) is 26.1. The van der Waals surface area contributed by atoms with E-state index >= 15 is 0 Å². The maximum atomic E-state index is 13.6. The molecule has 0 aliphatic carbocycles. The maximum Gasteiger partial charge on any atom is 0.311 e. The van der Waals surface area contributed by atoms with Crippen LogP contribution in [0, 0.1) is 15.9 Å². The smallest absolute Gasteiger partial charge is 0.311 e. The van der Waals surface area contributed by atoms with Gasteiger partial charge in [-0.2, -0.15) is 0 Å². The number of aliphatic imine (C=N–C) groups is 1. The van der Waals surface area contributed by atoms with Gasteiger partial charge >= 0.3 is 5.69 Å². The molecule has 0 saturated carbocycles. The number of hydrogen-bond acceptors (Lipinski definition) is 6. The molecule has 1 fully saturated rings. The average Bonchev–Trinajstić information content (AvgIpc) is 2.98. The SMILES string of the molecule is CCOc1cc(N2CCN(C(=NCC(c3ccc(F)cc3)N(C)C)NCCc3ccc(Cl)cc3Cl)CC2)ccc1[N+](=O)[O-]. The van der Waals surface area contributed by atoms with Crippen molar-refractivity contribution >= 4 is 40.5 Å². The van der Waals surface area contributed by atoms with Crippen molar-refractivity contribution in [1.29, 1.82) is 0 Å². The minimum Gasteiger partial charge on any atom is -0.487 e. The topological polar surface area (TPSA) is 86.5 Å². The van der Waals surface area contributed by atoms with Crippen molar-refractivity contribution in [2.45, 2.75) is 19.4 Å². The highest BCUT2D eigenvalue weighted by Crippen LogP contribution is 2.32. The molecule has 0 spiro atoms. The van der Waals surface area contributed by atoms with Gasteiger partial charge in [0.2, 0.25) is 0 Å². The fraction of sp³-hybridized carbons (Fsp3) is 0.387. The fourth-order valence-electron chi connectivity index (χ4n) is 5.02. The molecule has 230 valence electrons. The summed E-state index contributed by atoms with van der Waals surface area (Å²) in [6, 6.07) is 17.0. The molecule has 3 aromatic carbocycles. The van der Waals surface area contributed by atoms with Crippen LogP contribution in [-0.4, -0.2) is 80.7 Å². The highest BCUT2D eigenvalue weighted by atomic mass is 35.5. The molecule has 0 radical (unpaired) electrons. The number of guanidine groups is 1. The molecule has 1 aliphatic rings. The van der Waals surface area contributed by atoms with Crippen molar-refractivity contribution in [1.82, 2.24) is 15.1 Å². The summed E-state index contributed by atoms with van der Waals surface area (Å²) in [6.07, 6.45) is 0.688. The van der Waals surface area contributed by atoms with Crippen molar-refractivity contribution in [2.75, 3.05) is 64.9 Å². The lowest BCUT2D eigenvalue weighted by Gasteiger charge is -2.38. The maximum absolute atomic E-state index is 13.6. The Balaban J connectivity index is 1.50. The fourth-order valence-corrected chi connectivity index (χ4v) is 5.53. The van der Waals surface area contributed by atoms with Crippen molar-refractivity contribution in [2.24, 2.45) is 4.99 Å². The molecule has 0 aromatic heterocycles. The molecule has 1 N–H and O–H groups in total. The lowest BCUT2D eigenvalue weighted by Crippen LogP contribution is -2.53. The van der Waals surface area contributed by atoms with Crippen LogP contribution in [0.3, 0.4) is 0 Å². The van der Waals surface area contributed by atoms with Gasteiger partial charge in [-0.3, -0.25) is 15.1 Å². The van der Waals surface area contributed by atoms with E-state index < -0.39 is 4.92 Å². The second kappa shape index (κ2) is 15.2. The lowest BCUT2D eigenvalue weighted by molar-refractivity contribution is -0.385. The first kappa shape index (κ1) is 32.3. The van der Waals surface area contributed by atoms with Gasteiger partial charge in [-0.15, -0.1) is 0 Å². The number of benzene rings is 3. The van der Waals surface area contributed by atoms with Crippen LogP contribution >= 0.6 is 23.2 Å². The molecule has 3 aromatic rings. The van der Waals surface area contributed by atoms with Crippen LogP contribution in [0.2, 0.25) is 10.0 Å². The van der Waals surface area contributed by atoms with Crippen molar-refractivity contribution in [3.05, 3.63) is 97.8 Å². The van der Waals surface area contributed by atoms with Crippen LogP contribution in [-0.2, 0) is 6.42 Å². The number of nitro groups is 1. The number of hydrogen-bond donors (Lipinski definition) is 1. The van der Waals surface area contributed by atoms with Gasteiger partial charge in [0.05, 0.1) is 24.1 Å². The van der Waals surface area contributed by atoms with E-state index in [2.05, 4.69) is 20.0 Å². The minimum atomic E-state index is -0.425. The van der Waals surface area contributed by atoms with Crippen LogP contribution in [0.1, 0.15) is 24.1 Å². The normalized spacial score (nSPS) is 14.6. The summed E-state index contributed by atoms with van der Waals surface area (Å²) in [4.78, 5) is 22.5. The molecule has 0 amide bonds. The van der Waals surface area contributed by atoms with E-state index in [0.29, 0.717) is 62.3 Å². The van der Waals surface area contributed by atoms with Crippen molar-refractivity contribution in [3.8, 4) is 5.75 Å². The van der Waals surface area contributed by atoms with Crippen LogP contribution in [0.25, 0.3) is 0 Å². The Morgan fingerprint density at radius 3 is 2.44 bits per heavy atom. The first-order valence-electron chi connectivity index (χ1n) is 14.2. The summed E-state index contributed by atoms with van der Waals surface area (Å²) in [5, 5.41) is 16.2. The molecule has 1 saturated heterocycles. The average molecular weight is 632 g/mol. The molecule has 1 atom stereocenters. The molecule has 1 aliphatic heterocycles. The van der Waals surface area contributed by atoms with Crippen LogP contribution in [0.4, 0.5) is 15.8 Å². The Morgan fingerprint density at radius 1 is 1.09 bits per heavy atom. The van der Waals surface area contributed by atoms with E-state index in [0.717, 1.165) is 22.8 Å². The molecule has 4 rings (SSSR count). The number of ether oxygens (including phenoxy) is 1. The van der Waals surface area contributed by atoms with Gasteiger partial charge in [-0.25, -0.2) is 4.39 Å². The summed E-state index contributed by atoms with van der Waals surface area (Å²) in [6.45, 7) is 6.02. The second-order valence-corrected chi connectivity index (χ2v) is 11.3. The van der Waals surface area contributed by atoms with Gasteiger partial charge in [-0.1, -0.05) is 41.4 Å². The quantitative estimate of drug-likeness (QED) is 0.119. The largest absolute Gasteiger partial charge is 0.487 e. The standard InChI is InChI=1S/C31H37Cl2FN6O3/c1-4-43-30-20-26(11-12-28(30)40(41)42)38-15-17-39(18-16-38)31(35-14-13-22-5-8-24(32)19-27(22)33)36-21-29(37(2)3)23-6-9-25(34)10-7-23/h5-12,19-20,29H,4,13-18,21H2,1-3H3,(H,35,36). The summed E-state index contributed by atoms with van der Waals surface area (Å²) >= 11 is 12.5. The van der Waals surface area contributed by atoms with Crippen LogP contribution < -0.4 is 15.0 Å². The Hall–Kier alpha value is -3.60. The van der Waals surface area contributed by atoms with Gasteiger partial charge < -0.3 is 24.8 Å². The molecule has 12 heteroatoms. The monoisotopic (exact) mass is 630 g/mol. The Bertz CT molecular complexity index is 1420.